The second kappa shape index (κ2) is 7.73. The van der Waals surface area contributed by atoms with Gasteiger partial charge < -0.3 is 8.83 Å². The van der Waals surface area contributed by atoms with Crippen molar-refractivity contribution in [1.29, 1.82) is 0 Å². The summed E-state index contributed by atoms with van der Waals surface area (Å²) in [6.45, 7) is 4.99. The maximum Gasteiger partial charge on any atom is 0.165 e. The first-order valence-electron chi connectivity index (χ1n) is 7.87. The van der Waals surface area contributed by atoms with Crippen molar-refractivity contribution in [3.8, 4) is 0 Å². The molecule has 0 saturated carbocycles. The first-order valence-corrected chi connectivity index (χ1v) is 7.87. The summed E-state index contributed by atoms with van der Waals surface area (Å²) in [6.07, 6.45) is 5.55. The zero-order valence-electron chi connectivity index (χ0n) is 13.3. The van der Waals surface area contributed by atoms with Gasteiger partial charge in [-0.15, -0.1) is 5.10 Å². The molecule has 0 N–H and O–H groups in total. The third kappa shape index (κ3) is 4.29. The van der Waals surface area contributed by atoms with Crippen LogP contribution in [0.15, 0.2) is 45.6 Å². The van der Waals surface area contributed by atoms with Gasteiger partial charge in [-0.1, -0.05) is 13.3 Å². The number of rotatable bonds is 9. The summed E-state index contributed by atoms with van der Waals surface area (Å²) < 4.78 is 12.8. The van der Waals surface area contributed by atoms with E-state index in [-0.39, 0.29) is 0 Å². The van der Waals surface area contributed by atoms with Crippen LogP contribution in [0.3, 0.4) is 0 Å². The molecule has 7 heteroatoms. The van der Waals surface area contributed by atoms with Gasteiger partial charge in [0.15, 0.2) is 5.82 Å². The molecule has 3 aromatic heterocycles. The fourth-order valence-corrected chi connectivity index (χ4v) is 2.43. The zero-order valence-corrected chi connectivity index (χ0v) is 13.3. The molecule has 0 saturated heterocycles. The Labute approximate surface area is 134 Å². The average molecular weight is 315 g/mol. The smallest absolute Gasteiger partial charge is 0.165 e. The van der Waals surface area contributed by atoms with Gasteiger partial charge in [-0.3, -0.25) is 4.90 Å². The number of hydrogen-bond acceptors (Lipinski definition) is 6. The van der Waals surface area contributed by atoms with E-state index >= 15 is 0 Å². The Hall–Kier alpha value is -2.41. The van der Waals surface area contributed by atoms with E-state index in [0.29, 0.717) is 19.6 Å². The van der Waals surface area contributed by atoms with Crippen LogP contribution in [0.2, 0.25) is 0 Å². The highest BCUT2D eigenvalue weighted by atomic mass is 16.3. The van der Waals surface area contributed by atoms with E-state index in [1.807, 2.05) is 28.9 Å². The number of aryl methyl sites for hydroxylation is 1. The first-order chi connectivity index (χ1) is 11.3. The van der Waals surface area contributed by atoms with Crippen LogP contribution in [0, 0.1) is 0 Å². The van der Waals surface area contributed by atoms with Crippen LogP contribution < -0.4 is 0 Å². The normalized spacial score (nSPS) is 11.4. The van der Waals surface area contributed by atoms with Crippen LogP contribution >= 0.6 is 0 Å². The quantitative estimate of drug-likeness (QED) is 0.604. The lowest BCUT2D eigenvalue weighted by Crippen LogP contribution is -2.24. The number of nitrogens with zero attached hydrogens (tertiary/aromatic N) is 5. The van der Waals surface area contributed by atoms with Gasteiger partial charge in [0.25, 0.3) is 0 Å². The van der Waals surface area contributed by atoms with E-state index in [9.17, 15) is 0 Å². The van der Waals surface area contributed by atoms with Crippen LogP contribution in [0.1, 0.15) is 37.1 Å². The molecule has 0 aliphatic heterocycles. The maximum absolute atomic E-state index is 5.47. The average Bonchev–Trinajstić information content (AvgIpc) is 3.28. The van der Waals surface area contributed by atoms with E-state index < -0.39 is 0 Å². The third-order valence-electron chi connectivity index (χ3n) is 3.61. The molecule has 7 nitrogen and oxygen atoms in total. The predicted molar refractivity (Wildman–Crippen MR) is 83.1 cm³/mol. The van der Waals surface area contributed by atoms with Crippen molar-refractivity contribution < 1.29 is 8.83 Å². The minimum atomic E-state index is 0.637. The molecule has 0 bridgehead atoms. The predicted octanol–water partition coefficient (Wildman–Crippen LogP) is 2.86. The summed E-state index contributed by atoms with van der Waals surface area (Å²) in [5.41, 5.74) is 0. The minimum absolute atomic E-state index is 0.637. The largest absolute Gasteiger partial charge is 0.468 e. The number of hydrogen-bond donors (Lipinski definition) is 0. The molecule has 0 fully saturated rings. The maximum atomic E-state index is 5.47. The Morgan fingerprint density at radius 2 is 1.74 bits per heavy atom. The summed E-state index contributed by atoms with van der Waals surface area (Å²) in [5, 5.41) is 12.1. The van der Waals surface area contributed by atoms with Gasteiger partial charge in [0.2, 0.25) is 0 Å². The summed E-state index contributed by atoms with van der Waals surface area (Å²) in [7, 11) is 0. The molecule has 0 spiro atoms. The molecular weight excluding hydrogens is 294 g/mol. The van der Waals surface area contributed by atoms with Gasteiger partial charge in [0.1, 0.15) is 11.5 Å². The van der Waals surface area contributed by atoms with Gasteiger partial charge >= 0.3 is 0 Å². The highest BCUT2D eigenvalue weighted by Gasteiger charge is 2.15. The van der Waals surface area contributed by atoms with Crippen LogP contribution in [0.4, 0.5) is 0 Å². The van der Waals surface area contributed by atoms with Crippen molar-refractivity contribution >= 4 is 0 Å². The number of unbranched alkanes of at least 4 members (excludes halogenated alkanes) is 1. The van der Waals surface area contributed by atoms with E-state index in [1.54, 1.807) is 12.5 Å². The highest BCUT2D eigenvalue weighted by molar-refractivity contribution is 5.01. The molecule has 23 heavy (non-hydrogen) atoms. The summed E-state index contributed by atoms with van der Waals surface area (Å²) in [6, 6.07) is 7.72. The second-order valence-corrected chi connectivity index (χ2v) is 5.48. The SMILES string of the molecule is CCCCn1nnnc1CN(Cc1ccco1)Cc1ccco1. The van der Waals surface area contributed by atoms with Crippen molar-refractivity contribution in [2.45, 2.75) is 45.9 Å². The summed E-state index contributed by atoms with van der Waals surface area (Å²) >= 11 is 0. The topological polar surface area (TPSA) is 73.1 Å². The van der Waals surface area contributed by atoms with E-state index in [0.717, 1.165) is 36.7 Å². The first kappa shape index (κ1) is 15.5. The molecule has 0 amide bonds. The zero-order chi connectivity index (χ0) is 15.9. The molecule has 0 radical (unpaired) electrons. The van der Waals surface area contributed by atoms with Gasteiger partial charge in [-0.25, -0.2) is 4.68 Å². The van der Waals surface area contributed by atoms with Gasteiger partial charge in [0.05, 0.1) is 32.2 Å². The van der Waals surface area contributed by atoms with Gasteiger partial charge in [-0.2, -0.15) is 0 Å². The molecular formula is C16H21N5O2. The van der Waals surface area contributed by atoms with Crippen molar-refractivity contribution in [2.75, 3.05) is 0 Å². The Bertz CT molecular complexity index is 639. The van der Waals surface area contributed by atoms with Crippen LogP contribution in [0.5, 0.6) is 0 Å². The Kier molecular flexibility index (Phi) is 5.21. The molecule has 0 atom stereocenters. The number of tetrazole rings is 1. The molecule has 0 aliphatic carbocycles. The fourth-order valence-electron chi connectivity index (χ4n) is 2.43. The molecule has 0 aromatic carbocycles. The molecule has 0 aliphatic rings. The second-order valence-electron chi connectivity index (χ2n) is 5.48. The lowest BCUT2D eigenvalue weighted by Gasteiger charge is -2.19. The minimum Gasteiger partial charge on any atom is -0.468 e. The van der Waals surface area contributed by atoms with E-state index in [2.05, 4.69) is 27.3 Å². The lowest BCUT2D eigenvalue weighted by molar-refractivity contribution is 0.201. The van der Waals surface area contributed by atoms with E-state index in [4.69, 9.17) is 8.83 Å². The molecule has 122 valence electrons. The Morgan fingerprint density at radius 3 is 2.30 bits per heavy atom. The van der Waals surface area contributed by atoms with Gasteiger partial charge in [-0.05, 0) is 41.1 Å². The third-order valence-corrected chi connectivity index (χ3v) is 3.61. The summed E-state index contributed by atoms with van der Waals surface area (Å²) in [5.74, 6) is 2.67. The summed E-state index contributed by atoms with van der Waals surface area (Å²) in [4.78, 5) is 2.20. The van der Waals surface area contributed by atoms with Crippen molar-refractivity contribution in [2.24, 2.45) is 0 Å². The van der Waals surface area contributed by atoms with Crippen molar-refractivity contribution in [3.63, 3.8) is 0 Å². The van der Waals surface area contributed by atoms with Crippen LogP contribution in [0.25, 0.3) is 0 Å². The molecule has 0 unspecified atom stereocenters. The van der Waals surface area contributed by atoms with Crippen LogP contribution in [-0.4, -0.2) is 25.1 Å². The molecule has 3 aromatic rings. The Morgan fingerprint density at radius 1 is 1.04 bits per heavy atom. The number of aromatic nitrogens is 4. The highest BCUT2D eigenvalue weighted by Crippen LogP contribution is 2.14. The molecule has 3 heterocycles. The monoisotopic (exact) mass is 315 g/mol. The van der Waals surface area contributed by atoms with Gasteiger partial charge in [0, 0.05) is 6.54 Å². The Balaban J connectivity index is 1.71. The fraction of sp³-hybridized carbons (Fsp3) is 0.438. The standard InChI is InChI=1S/C16H21N5O2/c1-2-3-8-21-16(17-18-19-21)13-20(11-14-6-4-9-22-14)12-15-7-5-10-23-15/h4-7,9-10H,2-3,8,11-13H2,1H3. The van der Waals surface area contributed by atoms with Crippen molar-refractivity contribution in [3.05, 3.63) is 54.1 Å². The lowest BCUT2D eigenvalue weighted by atomic mass is 10.3. The van der Waals surface area contributed by atoms with Crippen LogP contribution in [-0.2, 0) is 26.2 Å². The molecule has 3 rings (SSSR count). The van der Waals surface area contributed by atoms with E-state index in [1.165, 1.54) is 0 Å². The van der Waals surface area contributed by atoms with Crippen molar-refractivity contribution in [1.82, 2.24) is 25.1 Å². The number of furan rings is 2.